The van der Waals surface area contributed by atoms with Gasteiger partial charge in [0, 0.05) is 5.56 Å². The predicted molar refractivity (Wildman–Crippen MR) is 79.4 cm³/mol. The number of nitrogens with zero attached hydrogens (tertiary/aromatic N) is 2. The molecule has 0 saturated carbocycles. The summed E-state index contributed by atoms with van der Waals surface area (Å²) in [5.41, 5.74) is 2.12. The monoisotopic (exact) mass is 275 g/mol. The molecule has 100 valence electrons. The Morgan fingerprint density at radius 1 is 1.11 bits per heavy atom. The van der Waals surface area contributed by atoms with Crippen molar-refractivity contribution in [2.75, 3.05) is 5.32 Å². The molecule has 19 heavy (non-hydrogen) atoms. The van der Waals surface area contributed by atoms with Crippen LogP contribution in [0.4, 0.5) is 5.82 Å². The van der Waals surface area contributed by atoms with Crippen molar-refractivity contribution in [2.24, 2.45) is 5.92 Å². The summed E-state index contributed by atoms with van der Waals surface area (Å²) in [5.74, 6) is 1.23. The van der Waals surface area contributed by atoms with Crippen LogP contribution in [-0.4, -0.2) is 9.97 Å². The fourth-order valence-corrected chi connectivity index (χ4v) is 2.15. The molecule has 0 saturated heterocycles. The second-order valence-corrected chi connectivity index (χ2v) is 5.27. The first-order chi connectivity index (χ1) is 9.09. The Bertz CT molecular complexity index is 540. The number of nitrogens with one attached hydrogen (secondary N) is 1. The van der Waals surface area contributed by atoms with Crippen LogP contribution in [0, 0.1) is 12.8 Å². The highest BCUT2D eigenvalue weighted by atomic mass is 35.5. The lowest BCUT2D eigenvalue weighted by Gasteiger charge is -2.24. The first-order valence-electron chi connectivity index (χ1n) is 6.38. The zero-order valence-electron chi connectivity index (χ0n) is 11.4. The number of aromatic nitrogens is 2. The highest BCUT2D eigenvalue weighted by Crippen LogP contribution is 2.28. The molecule has 1 unspecified atom stereocenters. The standard InChI is InChI=1S/C15H18ClN3/c1-10(2)13(12-7-5-4-6-8-12)19-15-11(3)14(16)17-9-18-15/h4-10,13H,1-3H3,(H,17,18,19). The predicted octanol–water partition coefficient (Wildman–Crippen LogP) is 4.25. The van der Waals surface area contributed by atoms with Gasteiger partial charge in [0.25, 0.3) is 0 Å². The van der Waals surface area contributed by atoms with E-state index < -0.39 is 0 Å². The van der Waals surface area contributed by atoms with E-state index >= 15 is 0 Å². The van der Waals surface area contributed by atoms with Crippen molar-refractivity contribution in [3.8, 4) is 0 Å². The third kappa shape index (κ3) is 3.24. The Morgan fingerprint density at radius 3 is 2.42 bits per heavy atom. The molecule has 0 spiro atoms. The third-order valence-electron chi connectivity index (χ3n) is 3.14. The molecule has 1 atom stereocenters. The fourth-order valence-electron chi connectivity index (χ4n) is 2.02. The van der Waals surface area contributed by atoms with Gasteiger partial charge in [-0.1, -0.05) is 55.8 Å². The van der Waals surface area contributed by atoms with Crippen molar-refractivity contribution in [1.82, 2.24) is 9.97 Å². The van der Waals surface area contributed by atoms with Crippen LogP contribution in [0.1, 0.15) is 31.0 Å². The van der Waals surface area contributed by atoms with Gasteiger partial charge in [-0.3, -0.25) is 0 Å². The highest BCUT2D eigenvalue weighted by molar-refractivity contribution is 6.30. The molecule has 1 aromatic carbocycles. The van der Waals surface area contributed by atoms with Crippen molar-refractivity contribution in [1.29, 1.82) is 0 Å². The molecule has 0 amide bonds. The molecule has 0 bridgehead atoms. The van der Waals surface area contributed by atoms with Crippen LogP contribution in [0.2, 0.25) is 5.15 Å². The summed E-state index contributed by atoms with van der Waals surface area (Å²) in [6.07, 6.45) is 1.49. The lowest BCUT2D eigenvalue weighted by molar-refractivity contribution is 0.544. The minimum atomic E-state index is 0.200. The number of hydrogen-bond donors (Lipinski definition) is 1. The molecule has 0 radical (unpaired) electrons. The maximum atomic E-state index is 6.03. The van der Waals surface area contributed by atoms with E-state index in [1.165, 1.54) is 11.9 Å². The van der Waals surface area contributed by atoms with Gasteiger partial charge in [-0.15, -0.1) is 0 Å². The summed E-state index contributed by atoms with van der Waals surface area (Å²) in [5, 5.41) is 3.96. The van der Waals surface area contributed by atoms with E-state index in [9.17, 15) is 0 Å². The van der Waals surface area contributed by atoms with Gasteiger partial charge in [0.2, 0.25) is 0 Å². The van der Waals surface area contributed by atoms with E-state index in [4.69, 9.17) is 11.6 Å². The van der Waals surface area contributed by atoms with E-state index in [0.29, 0.717) is 11.1 Å². The average Bonchev–Trinajstić information content (AvgIpc) is 2.41. The summed E-state index contributed by atoms with van der Waals surface area (Å²) in [6.45, 7) is 6.29. The first kappa shape index (κ1) is 13.8. The van der Waals surface area contributed by atoms with E-state index in [2.05, 4.69) is 41.3 Å². The molecule has 1 N–H and O–H groups in total. The van der Waals surface area contributed by atoms with Gasteiger partial charge < -0.3 is 5.32 Å². The molecule has 1 aromatic heterocycles. The zero-order valence-corrected chi connectivity index (χ0v) is 12.1. The highest BCUT2D eigenvalue weighted by Gasteiger charge is 2.17. The van der Waals surface area contributed by atoms with E-state index in [1.807, 2.05) is 25.1 Å². The molecule has 0 aliphatic heterocycles. The Balaban J connectivity index is 2.30. The Morgan fingerprint density at radius 2 is 1.79 bits per heavy atom. The lowest BCUT2D eigenvalue weighted by Crippen LogP contribution is -2.18. The van der Waals surface area contributed by atoms with Gasteiger partial charge in [-0.2, -0.15) is 0 Å². The van der Waals surface area contributed by atoms with Gasteiger partial charge in [-0.05, 0) is 18.4 Å². The number of halogens is 1. The second kappa shape index (κ2) is 6.02. The summed E-state index contributed by atoms with van der Waals surface area (Å²) < 4.78 is 0. The Hall–Kier alpha value is -1.61. The molecule has 0 aliphatic rings. The van der Waals surface area contributed by atoms with Crippen molar-refractivity contribution in [3.05, 3.63) is 52.9 Å². The van der Waals surface area contributed by atoms with Crippen molar-refractivity contribution in [3.63, 3.8) is 0 Å². The number of rotatable bonds is 4. The van der Waals surface area contributed by atoms with Gasteiger partial charge in [0.05, 0.1) is 6.04 Å². The third-order valence-corrected chi connectivity index (χ3v) is 3.52. The quantitative estimate of drug-likeness (QED) is 0.848. The number of hydrogen-bond acceptors (Lipinski definition) is 3. The van der Waals surface area contributed by atoms with Crippen LogP contribution >= 0.6 is 11.6 Å². The maximum Gasteiger partial charge on any atom is 0.137 e. The average molecular weight is 276 g/mol. The van der Waals surface area contributed by atoms with E-state index in [0.717, 1.165) is 11.4 Å². The summed E-state index contributed by atoms with van der Waals surface area (Å²) in [4.78, 5) is 8.26. The topological polar surface area (TPSA) is 37.8 Å². The Labute approximate surface area is 119 Å². The van der Waals surface area contributed by atoms with Crippen molar-refractivity contribution in [2.45, 2.75) is 26.8 Å². The summed E-state index contributed by atoms with van der Waals surface area (Å²) >= 11 is 6.03. The van der Waals surface area contributed by atoms with Gasteiger partial charge in [0.1, 0.15) is 17.3 Å². The van der Waals surface area contributed by atoms with Crippen molar-refractivity contribution < 1.29 is 0 Å². The minimum absolute atomic E-state index is 0.200. The van der Waals surface area contributed by atoms with Crippen molar-refractivity contribution >= 4 is 17.4 Å². The molecule has 0 aliphatic carbocycles. The second-order valence-electron chi connectivity index (χ2n) is 4.91. The van der Waals surface area contributed by atoms with E-state index in [1.54, 1.807) is 0 Å². The zero-order chi connectivity index (χ0) is 13.8. The maximum absolute atomic E-state index is 6.03. The van der Waals surface area contributed by atoms with Gasteiger partial charge >= 0.3 is 0 Å². The molecular formula is C15H18ClN3. The molecular weight excluding hydrogens is 258 g/mol. The van der Waals surface area contributed by atoms with Gasteiger partial charge in [-0.25, -0.2) is 9.97 Å². The molecule has 1 heterocycles. The summed E-state index contributed by atoms with van der Waals surface area (Å²) in [6, 6.07) is 10.6. The molecule has 2 aromatic rings. The Kier molecular flexibility index (Phi) is 4.38. The molecule has 2 rings (SSSR count). The van der Waals surface area contributed by atoms with E-state index in [-0.39, 0.29) is 6.04 Å². The lowest BCUT2D eigenvalue weighted by atomic mass is 9.96. The van der Waals surface area contributed by atoms with Crippen LogP contribution in [0.5, 0.6) is 0 Å². The largest absolute Gasteiger partial charge is 0.363 e. The number of benzene rings is 1. The molecule has 4 heteroatoms. The smallest absolute Gasteiger partial charge is 0.137 e. The van der Waals surface area contributed by atoms with Gasteiger partial charge in [0.15, 0.2) is 0 Å². The van der Waals surface area contributed by atoms with Crippen LogP contribution in [-0.2, 0) is 0 Å². The minimum Gasteiger partial charge on any atom is -0.363 e. The first-order valence-corrected chi connectivity index (χ1v) is 6.76. The fraction of sp³-hybridized carbons (Fsp3) is 0.333. The van der Waals surface area contributed by atoms with Crippen LogP contribution < -0.4 is 5.32 Å². The van der Waals surface area contributed by atoms with Crippen LogP contribution in [0.15, 0.2) is 36.7 Å². The summed E-state index contributed by atoms with van der Waals surface area (Å²) in [7, 11) is 0. The van der Waals surface area contributed by atoms with Crippen LogP contribution in [0.3, 0.4) is 0 Å². The van der Waals surface area contributed by atoms with Crippen LogP contribution in [0.25, 0.3) is 0 Å². The SMILES string of the molecule is Cc1c(Cl)ncnc1NC(c1ccccc1)C(C)C. The normalized spacial score (nSPS) is 12.5. The number of anilines is 1. The molecule has 3 nitrogen and oxygen atoms in total. The molecule has 0 fully saturated rings.